The van der Waals surface area contributed by atoms with Crippen LogP contribution in [0.2, 0.25) is 0 Å². The summed E-state index contributed by atoms with van der Waals surface area (Å²) in [6.45, 7) is 2.96. The van der Waals surface area contributed by atoms with Crippen LogP contribution in [0.3, 0.4) is 0 Å². The van der Waals surface area contributed by atoms with Crippen molar-refractivity contribution in [2.45, 2.75) is 0 Å². The zero-order valence-corrected chi connectivity index (χ0v) is 7.94. The minimum absolute atomic E-state index is 0.727. The summed E-state index contributed by atoms with van der Waals surface area (Å²) in [4.78, 5) is 2.28. The normalized spacial score (nSPS) is 16.7. The van der Waals surface area contributed by atoms with Crippen LogP contribution in [0.1, 0.15) is 0 Å². The van der Waals surface area contributed by atoms with Gasteiger partial charge in [0.25, 0.3) is 0 Å². The van der Waals surface area contributed by atoms with Gasteiger partial charge in [-0.1, -0.05) is 18.2 Å². The maximum absolute atomic E-state index is 5.14. The van der Waals surface area contributed by atoms with E-state index in [1.807, 2.05) is 6.07 Å². The van der Waals surface area contributed by atoms with E-state index < -0.39 is 0 Å². The summed E-state index contributed by atoms with van der Waals surface area (Å²) in [5.41, 5.74) is 1.29. The number of rotatable bonds is 3. The third-order valence-corrected chi connectivity index (χ3v) is 2.44. The molecule has 1 aliphatic rings. The maximum atomic E-state index is 5.14. The average molecular weight is 177 g/mol. The lowest BCUT2D eigenvalue weighted by atomic mass is 10.1. The predicted octanol–water partition coefficient (Wildman–Crippen LogP) is 1.77. The van der Waals surface area contributed by atoms with Crippen molar-refractivity contribution in [3.63, 3.8) is 0 Å². The van der Waals surface area contributed by atoms with Crippen LogP contribution in [0, 0.1) is 5.92 Å². The van der Waals surface area contributed by atoms with Crippen LogP contribution in [-0.4, -0.2) is 26.8 Å². The Morgan fingerprint density at radius 2 is 2.00 bits per heavy atom. The highest BCUT2D eigenvalue weighted by Gasteiger charge is 2.19. The van der Waals surface area contributed by atoms with Gasteiger partial charge in [0, 0.05) is 25.2 Å². The van der Waals surface area contributed by atoms with Gasteiger partial charge in [0.2, 0.25) is 0 Å². The summed E-state index contributed by atoms with van der Waals surface area (Å²) in [6, 6.07) is 10.5. The Bertz CT molecular complexity index is 256. The Balaban J connectivity index is 1.92. The summed E-state index contributed by atoms with van der Waals surface area (Å²) in [6.07, 6.45) is 0. The Labute approximate surface area is 79.1 Å². The fraction of sp³-hybridized carbons (Fsp3) is 0.455. The van der Waals surface area contributed by atoms with Crippen LogP contribution in [-0.2, 0) is 4.74 Å². The van der Waals surface area contributed by atoms with Crippen molar-refractivity contribution in [3.05, 3.63) is 30.3 Å². The molecule has 0 N–H and O–H groups in total. The fourth-order valence-electron chi connectivity index (χ4n) is 1.57. The van der Waals surface area contributed by atoms with E-state index in [1.165, 1.54) is 5.69 Å². The van der Waals surface area contributed by atoms with Crippen molar-refractivity contribution in [1.29, 1.82) is 0 Å². The minimum Gasteiger partial charge on any atom is -0.381 e. The summed E-state index contributed by atoms with van der Waals surface area (Å²) in [7, 11) is 2.13. The number of anilines is 1. The highest BCUT2D eigenvalue weighted by molar-refractivity contribution is 5.45. The zero-order chi connectivity index (χ0) is 9.10. The third-order valence-electron chi connectivity index (χ3n) is 2.44. The Morgan fingerprint density at radius 1 is 1.31 bits per heavy atom. The maximum Gasteiger partial charge on any atom is 0.0533 e. The van der Waals surface area contributed by atoms with E-state index in [0.29, 0.717) is 0 Å². The fourth-order valence-corrected chi connectivity index (χ4v) is 1.57. The topological polar surface area (TPSA) is 12.5 Å². The van der Waals surface area contributed by atoms with Gasteiger partial charge in [0.05, 0.1) is 13.2 Å². The molecule has 0 saturated carbocycles. The van der Waals surface area contributed by atoms with Crippen LogP contribution >= 0.6 is 0 Å². The van der Waals surface area contributed by atoms with Crippen LogP contribution in [0.25, 0.3) is 0 Å². The number of ether oxygens (including phenoxy) is 1. The van der Waals surface area contributed by atoms with Crippen molar-refractivity contribution in [2.75, 3.05) is 31.7 Å². The SMILES string of the molecule is CN(CC1COC1)c1ccccc1. The number of para-hydroxylation sites is 1. The molecule has 2 nitrogen and oxygen atoms in total. The molecule has 0 amide bonds. The lowest BCUT2D eigenvalue weighted by molar-refractivity contribution is -0.0272. The monoisotopic (exact) mass is 177 g/mol. The first-order chi connectivity index (χ1) is 6.36. The molecule has 0 bridgehead atoms. The van der Waals surface area contributed by atoms with Crippen LogP contribution in [0.4, 0.5) is 5.69 Å². The first-order valence-corrected chi connectivity index (χ1v) is 4.70. The molecule has 0 aliphatic carbocycles. The van der Waals surface area contributed by atoms with Gasteiger partial charge in [-0.25, -0.2) is 0 Å². The lowest BCUT2D eigenvalue weighted by Crippen LogP contribution is -2.37. The highest BCUT2D eigenvalue weighted by Crippen LogP contribution is 2.16. The number of hydrogen-bond acceptors (Lipinski definition) is 2. The molecule has 1 aromatic rings. The summed E-state index contributed by atoms with van der Waals surface area (Å²) in [5, 5.41) is 0. The summed E-state index contributed by atoms with van der Waals surface area (Å²) < 4.78 is 5.14. The molecule has 0 aromatic heterocycles. The largest absolute Gasteiger partial charge is 0.381 e. The van der Waals surface area contributed by atoms with E-state index in [1.54, 1.807) is 0 Å². The third kappa shape index (κ3) is 2.01. The van der Waals surface area contributed by atoms with E-state index in [-0.39, 0.29) is 0 Å². The molecule has 1 aromatic carbocycles. The zero-order valence-electron chi connectivity index (χ0n) is 7.94. The van der Waals surface area contributed by atoms with Crippen molar-refractivity contribution >= 4 is 5.69 Å². The van der Waals surface area contributed by atoms with Gasteiger partial charge in [0.15, 0.2) is 0 Å². The molecule has 0 spiro atoms. The average Bonchev–Trinajstić information content (AvgIpc) is 2.12. The summed E-state index contributed by atoms with van der Waals surface area (Å²) in [5.74, 6) is 0.727. The predicted molar refractivity (Wildman–Crippen MR) is 54.0 cm³/mol. The second-order valence-corrected chi connectivity index (χ2v) is 3.62. The quantitative estimate of drug-likeness (QED) is 0.697. The molecular weight excluding hydrogens is 162 g/mol. The van der Waals surface area contributed by atoms with Gasteiger partial charge in [-0.3, -0.25) is 0 Å². The molecule has 0 atom stereocenters. The van der Waals surface area contributed by atoms with Gasteiger partial charge in [-0.2, -0.15) is 0 Å². The molecule has 70 valence electrons. The number of hydrogen-bond donors (Lipinski definition) is 0. The van der Waals surface area contributed by atoms with Crippen molar-refractivity contribution in [2.24, 2.45) is 5.92 Å². The highest BCUT2D eigenvalue weighted by atomic mass is 16.5. The molecule has 2 heteroatoms. The van der Waals surface area contributed by atoms with Gasteiger partial charge < -0.3 is 9.64 Å². The Morgan fingerprint density at radius 3 is 2.54 bits per heavy atom. The lowest BCUT2D eigenvalue weighted by Gasteiger charge is -2.31. The first kappa shape index (κ1) is 8.57. The molecule has 0 radical (unpaired) electrons. The molecule has 2 rings (SSSR count). The van der Waals surface area contributed by atoms with Gasteiger partial charge in [-0.15, -0.1) is 0 Å². The smallest absolute Gasteiger partial charge is 0.0533 e. The van der Waals surface area contributed by atoms with Crippen molar-refractivity contribution in [1.82, 2.24) is 0 Å². The minimum atomic E-state index is 0.727. The van der Waals surface area contributed by atoms with E-state index in [4.69, 9.17) is 4.74 Å². The second-order valence-electron chi connectivity index (χ2n) is 3.62. The van der Waals surface area contributed by atoms with E-state index >= 15 is 0 Å². The van der Waals surface area contributed by atoms with Crippen LogP contribution in [0.15, 0.2) is 30.3 Å². The number of nitrogens with zero attached hydrogens (tertiary/aromatic N) is 1. The Hall–Kier alpha value is -1.02. The Kier molecular flexibility index (Phi) is 2.50. The molecule has 0 unspecified atom stereocenters. The molecule has 1 fully saturated rings. The van der Waals surface area contributed by atoms with Gasteiger partial charge in [0.1, 0.15) is 0 Å². The van der Waals surface area contributed by atoms with E-state index in [0.717, 1.165) is 25.7 Å². The van der Waals surface area contributed by atoms with Gasteiger partial charge in [-0.05, 0) is 12.1 Å². The standard InChI is InChI=1S/C11H15NO/c1-12(7-10-8-13-9-10)11-5-3-2-4-6-11/h2-6,10H,7-9H2,1H3. The molecule has 13 heavy (non-hydrogen) atoms. The first-order valence-electron chi connectivity index (χ1n) is 4.70. The van der Waals surface area contributed by atoms with Gasteiger partial charge >= 0.3 is 0 Å². The number of benzene rings is 1. The second kappa shape index (κ2) is 3.79. The van der Waals surface area contributed by atoms with Crippen molar-refractivity contribution < 1.29 is 4.74 Å². The molecule has 1 heterocycles. The van der Waals surface area contributed by atoms with Crippen molar-refractivity contribution in [3.8, 4) is 0 Å². The molecule has 1 saturated heterocycles. The van der Waals surface area contributed by atoms with E-state index in [9.17, 15) is 0 Å². The molecule has 1 aliphatic heterocycles. The van der Waals surface area contributed by atoms with Crippen LogP contribution in [0.5, 0.6) is 0 Å². The summed E-state index contributed by atoms with van der Waals surface area (Å²) >= 11 is 0. The van der Waals surface area contributed by atoms with E-state index in [2.05, 4.69) is 36.2 Å². The van der Waals surface area contributed by atoms with Crippen LogP contribution < -0.4 is 4.90 Å². The molecular formula is C11H15NO.